The molecule has 5 nitrogen and oxygen atoms in total. The van der Waals surface area contributed by atoms with Crippen molar-refractivity contribution in [3.8, 4) is 17.4 Å². The number of anilines is 2. The summed E-state index contributed by atoms with van der Waals surface area (Å²) in [6.45, 7) is 0. The number of hydrogen-bond acceptors (Lipinski definition) is 5. The van der Waals surface area contributed by atoms with E-state index in [0.29, 0.717) is 23.1 Å². The second-order valence-corrected chi connectivity index (χ2v) is 4.25. The molecule has 100 valence electrons. The molecule has 19 heavy (non-hydrogen) atoms. The summed E-state index contributed by atoms with van der Waals surface area (Å²) in [6.07, 6.45) is 1.63. The molecule has 0 fully saturated rings. The lowest BCUT2D eigenvalue weighted by atomic mass is 10.2. The Labute approximate surface area is 112 Å². The Bertz CT molecular complexity index is 570. The van der Waals surface area contributed by atoms with Crippen LogP contribution in [0.25, 0.3) is 0 Å². The second-order valence-electron chi connectivity index (χ2n) is 4.25. The van der Waals surface area contributed by atoms with E-state index in [-0.39, 0.29) is 0 Å². The Morgan fingerprint density at radius 3 is 2.63 bits per heavy atom. The molecule has 2 N–H and O–H groups in total. The number of aromatic nitrogens is 1. The first kappa shape index (κ1) is 13.0. The highest BCUT2D eigenvalue weighted by atomic mass is 16.5. The van der Waals surface area contributed by atoms with Crippen molar-refractivity contribution in [3.63, 3.8) is 0 Å². The van der Waals surface area contributed by atoms with Crippen molar-refractivity contribution < 1.29 is 9.47 Å². The Morgan fingerprint density at radius 1 is 1.16 bits per heavy atom. The highest BCUT2D eigenvalue weighted by Crippen LogP contribution is 2.31. The number of hydrogen-bond donors (Lipinski definition) is 1. The minimum Gasteiger partial charge on any atom is -0.481 e. The summed E-state index contributed by atoms with van der Waals surface area (Å²) in [6, 6.07) is 9.12. The van der Waals surface area contributed by atoms with Gasteiger partial charge in [0.25, 0.3) is 0 Å². The van der Waals surface area contributed by atoms with Gasteiger partial charge in [-0.3, -0.25) is 0 Å². The number of nitrogens with two attached hydrogens (primary N) is 1. The summed E-state index contributed by atoms with van der Waals surface area (Å²) in [5, 5.41) is 0. The number of nitrogens with zero attached hydrogens (tertiary/aromatic N) is 2. The number of methoxy groups -OCH3 is 1. The van der Waals surface area contributed by atoms with E-state index in [0.717, 1.165) is 5.69 Å². The van der Waals surface area contributed by atoms with Crippen molar-refractivity contribution in [3.05, 3.63) is 36.5 Å². The number of ether oxygens (including phenoxy) is 2. The van der Waals surface area contributed by atoms with Gasteiger partial charge in [-0.15, -0.1) is 0 Å². The standard InChI is InChI=1S/C14H17N3O2/c1-17(2)10-4-5-12(15)13(8-10)19-11-6-7-16-14(9-11)18-3/h4-9H,15H2,1-3H3. The third-order valence-electron chi connectivity index (χ3n) is 2.66. The lowest BCUT2D eigenvalue weighted by Gasteiger charge is -2.15. The molecule has 0 bridgehead atoms. The molecule has 0 unspecified atom stereocenters. The highest BCUT2D eigenvalue weighted by molar-refractivity contribution is 5.62. The van der Waals surface area contributed by atoms with Gasteiger partial charge in [0, 0.05) is 38.1 Å². The van der Waals surface area contributed by atoms with E-state index in [2.05, 4.69) is 4.98 Å². The molecular formula is C14H17N3O2. The molecule has 0 aliphatic rings. The smallest absolute Gasteiger partial charge is 0.216 e. The van der Waals surface area contributed by atoms with Crippen molar-refractivity contribution in [1.29, 1.82) is 0 Å². The van der Waals surface area contributed by atoms with Gasteiger partial charge in [0.1, 0.15) is 5.75 Å². The summed E-state index contributed by atoms with van der Waals surface area (Å²) >= 11 is 0. The number of nitrogen functional groups attached to an aromatic ring is 1. The van der Waals surface area contributed by atoms with E-state index >= 15 is 0 Å². The molecule has 5 heteroatoms. The van der Waals surface area contributed by atoms with Gasteiger partial charge in [0.2, 0.25) is 5.88 Å². The molecule has 1 aromatic carbocycles. The fourth-order valence-corrected chi connectivity index (χ4v) is 1.58. The SMILES string of the molecule is COc1cc(Oc2cc(N(C)C)ccc2N)ccn1. The maximum Gasteiger partial charge on any atom is 0.216 e. The largest absolute Gasteiger partial charge is 0.481 e. The molecule has 0 aliphatic carbocycles. The maximum atomic E-state index is 5.92. The van der Waals surface area contributed by atoms with Crippen LogP contribution in [0.3, 0.4) is 0 Å². The summed E-state index contributed by atoms with van der Waals surface area (Å²) < 4.78 is 10.8. The van der Waals surface area contributed by atoms with Gasteiger partial charge in [0.05, 0.1) is 12.8 Å². The van der Waals surface area contributed by atoms with Crippen molar-refractivity contribution in [1.82, 2.24) is 4.98 Å². The van der Waals surface area contributed by atoms with E-state index in [9.17, 15) is 0 Å². The predicted molar refractivity (Wildman–Crippen MR) is 76.0 cm³/mol. The van der Waals surface area contributed by atoms with E-state index < -0.39 is 0 Å². The third-order valence-corrected chi connectivity index (χ3v) is 2.66. The van der Waals surface area contributed by atoms with Gasteiger partial charge >= 0.3 is 0 Å². The van der Waals surface area contributed by atoms with Crippen LogP contribution in [-0.4, -0.2) is 26.2 Å². The lowest BCUT2D eigenvalue weighted by Crippen LogP contribution is -2.08. The molecule has 0 atom stereocenters. The fourth-order valence-electron chi connectivity index (χ4n) is 1.58. The van der Waals surface area contributed by atoms with E-state index in [1.165, 1.54) is 0 Å². The van der Waals surface area contributed by atoms with Crippen LogP contribution in [0.15, 0.2) is 36.5 Å². The number of rotatable bonds is 4. The van der Waals surface area contributed by atoms with Crippen LogP contribution in [0.5, 0.6) is 17.4 Å². The third kappa shape index (κ3) is 3.07. The molecule has 0 radical (unpaired) electrons. The van der Waals surface area contributed by atoms with Gasteiger partial charge < -0.3 is 20.1 Å². The summed E-state index contributed by atoms with van der Waals surface area (Å²) in [4.78, 5) is 6.01. The van der Waals surface area contributed by atoms with Crippen molar-refractivity contribution in [2.24, 2.45) is 0 Å². The minimum absolute atomic E-state index is 0.500. The number of benzene rings is 1. The Balaban J connectivity index is 2.29. The van der Waals surface area contributed by atoms with Crippen LogP contribution in [-0.2, 0) is 0 Å². The van der Waals surface area contributed by atoms with Crippen LogP contribution in [0.1, 0.15) is 0 Å². The van der Waals surface area contributed by atoms with Crippen LogP contribution in [0, 0.1) is 0 Å². The first-order valence-electron chi connectivity index (χ1n) is 5.85. The Kier molecular flexibility index (Phi) is 3.75. The van der Waals surface area contributed by atoms with Crippen molar-refractivity contribution in [2.75, 3.05) is 31.8 Å². The zero-order valence-corrected chi connectivity index (χ0v) is 11.3. The molecule has 1 heterocycles. The summed E-state index contributed by atoms with van der Waals surface area (Å²) in [5.74, 6) is 1.74. The van der Waals surface area contributed by atoms with Crippen LogP contribution in [0.2, 0.25) is 0 Å². The topological polar surface area (TPSA) is 60.6 Å². The average molecular weight is 259 g/mol. The summed E-state index contributed by atoms with van der Waals surface area (Å²) in [7, 11) is 5.49. The second kappa shape index (κ2) is 5.48. The maximum absolute atomic E-state index is 5.92. The molecule has 0 spiro atoms. The molecule has 2 rings (SSSR count). The van der Waals surface area contributed by atoms with Crippen LogP contribution in [0.4, 0.5) is 11.4 Å². The fraction of sp³-hybridized carbons (Fsp3) is 0.214. The zero-order valence-electron chi connectivity index (χ0n) is 11.3. The van der Waals surface area contributed by atoms with Crippen molar-refractivity contribution >= 4 is 11.4 Å². The molecule has 0 amide bonds. The lowest BCUT2D eigenvalue weighted by molar-refractivity contribution is 0.392. The molecule has 0 saturated carbocycles. The first-order valence-corrected chi connectivity index (χ1v) is 5.85. The molecule has 2 aromatic rings. The van der Waals surface area contributed by atoms with Gasteiger partial charge in [-0.25, -0.2) is 4.98 Å². The van der Waals surface area contributed by atoms with Crippen LogP contribution >= 0.6 is 0 Å². The number of pyridine rings is 1. The average Bonchev–Trinajstić information content (AvgIpc) is 2.41. The molecule has 1 aromatic heterocycles. The van der Waals surface area contributed by atoms with Gasteiger partial charge in [-0.1, -0.05) is 0 Å². The first-order chi connectivity index (χ1) is 9.10. The molecule has 0 saturated heterocycles. The normalized spacial score (nSPS) is 10.1. The predicted octanol–water partition coefficient (Wildman–Crippen LogP) is 2.53. The Hall–Kier alpha value is -2.43. The van der Waals surface area contributed by atoms with Crippen molar-refractivity contribution in [2.45, 2.75) is 0 Å². The van der Waals surface area contributed by atoms with E-state index in [1.807, 2.05) is 37.2 Å². The van der Waals surface area contributed by atoms with E-state index in [4.69, 9.17) is 15.2 Å². The van der Waals surface area contributed by atoms with Gasteiger partial charge in [-0.05, 0) is 18.2 Å². The van der Waals surface area contributed by atoms with Gasteiger partial charge in [-0.2, -0.15) is 0 Å². The quantitative estimate of drug-likeness (QED) is 0.855. The summed E-state index contributed by atoms with van der Waals surface area (Å²) in [5.41, 5.74) is 7.52. The van der Waals surface area contributed by atoms with E-state index in [1.54, 1.807) is 25.4 Å². The monoisotopic (exact) mass is 259 g/mol. The van der Waals surface area contributed by atoms with Gasteiger partial charge in [0.15, 0.2) is 5.75 Å². The zero-order chi connectivity index (χ0) is 13.8. The van der Waals surface area contributed by atoms with Crippen LogP contribution < -0.4 is 20.1 Å². The Morgan fingerprint density at radius 2 is 1.95 bits per heavy atom. The minimum atomic E-state index is 0.500. The highest BCUT2D eigenvalue weighted by Gasteiger charge is 2.06. The molecule has 0 aliphatic heterocycles. The molecular weight excluding hydrogens is 242 g/mol.